The van der Waals surface area contributed by atoms with E-state index in [0.29, 0.717) is 23.1 Å². The predicted molar refractivity (Wildman–Crippen MR) is 95.6 cm³/mol. The summed E-state index contributed by atoms with van der Waals surface area (Å²) >= 11 is 0. The Hall–Kier alpha value is -2.91. The Kier molecular flexibility index (Phi) is 4.54. The first-order chi connectivity index (χ1) is 13.0. The van der Waals surface area contributed by atoms with Crippen LogP contribution in [0, 0.1) is 0 Å². The molecule has 1 aliphatic rings. The van der Waals surface area contributed by atoms with E-state index >= 15 is 0 Å². The summed E-state index contributed by atoms with van der Waals surface area (Å²) in [6.45, 7) is 0.0365. The molecule has 0 saturated heterocycles. The molecule has 4 rings (SSSR count). The molecular formula is C18H17N3O5S. The Morgan fingerprint density at radius 2 is 2.04 bits per heavy atom. The third-order valence-corrected chi connectivity index (χ3v) is 5.56. The van der Waals surface area contributed by atoms with Crippen LogP contribution in [0.3, 0.4) is 0 Å². The fraction of sp³-hybridized carbons (Fsp3) is 0.222. The van der Waals surface area contributed by atoms with Crippen LogP contribution in [0.2, 0.25) is 0 Å². The summed E-state index contributed by atoms with van der Waals surface area (Å²) in [5, 5.41) is 6.42. The van der Waals surface area contributed by atoms with Crippen LogP contribution in [0.5, 0.6) is 0 Å². The molecule has 2 aromatic heterocycles. The van der Waals surface area contributed by atoms with E-state index in [1.54, 1.807) is 30.3 Å². The topological polar surface area (TPSA) is 114 Å². The van der Waals surface area contributed by atoms with Gasteiger partial charge in [0.15, 0.2) is 5.69 Å². The molecule has 1 aliphatic carbocycles. The maximum absolute atomic E-state index is 12.4. The van der Waals surface area contributed by atoms with Crippen LogP contribution < -0.4 is 10.0 Å². The van der Waals surface area contributed by atoms with Gasteiger partial charge in [0.2, 0.25) is 10.0 Å². The molecule has 0 spiro atoms. The zero-order chi connectivity index (χ0) is 18.9. The minimum absolute atomic E-state index is 0.0330. The molecule has 1 aromatic carbocycles. The van der Waals surface area contributed by atoms with Crippen molar-refractivity contribution in [3.63, 3.8) is 0 Å². The highest BCUT2D eigenvalue weighted by Crippen LogP contribution is 2.40. The Morgan fingerprint density at radius 1 is 1.19 bits per heavy atom. The number of sulfonamides is 1. The second-order valence-electron chi connectivity index (χ2n) is 6.27. The van der Waals surface area contributed by atoms with Gasteiger partial charge in [-0.15, -0.1) is 0 Å². The summed E-state index contributed by atoms with van der Waals surface area (Å²) < 4.78 is 37.6. The maximum Gasteiger partial charge on any atom is 0.277 e. The number of rotatable bonds is 7. The first-order valence-electron chi connectivity index (χ1n) is 8.41. The van der Waals surface area contributed by atoms with Gasteiger partial charge in [0, 0.05) is 17.7 Å². The zero-order valence-corrected chi connectivity index (χ0v) is 15.0. The van der Waals surface area contributed by atoms with E-state index in [1.807, 2.05) is 0 Å². The van der Waals surface area contributed by atoms with Crippen LogP contribution in [-0.2, 0) is 16.6 Å². The predicted octanol–water partition coefficient (Wildman–Crippen LogP) is 2.88. The van der Waals surface area contributed by atoms with E-state index in [0.717, 1.165) is 12.8 Å². The van der Waals surface area contributed by atoms with Gasteiger partial charge >= 0.3 is 0 Å². The van der Waals surface area contributed by atoms with Crippen molar-refractivity contribution in [2.45, 2.75) is 30.2 Å². The van der Waals surface area contributed by atoms with Gasteiger partial charge in [-0.05, 0) is 43.2 Å². The molecule has 2 N–H and O–H groups in total. The van der Waals surface area contributed by atoms with E-state index in [2.05, 4.69) is 15.2 Å². The molecule has 2 heterocycles. The van der Waals surface area contributed by atoms with Gasteiger partial charge in [0.05, 0.1) is 17.7 Å². The van der Waals surface area contributed by atoms with Gasteiger partial charge in [-0.25, -0.2) is 13.1 Å². The Balaban J connectivity index is 1.45. The molecule has 3 aromatic rings. The van der Waals surface area contributed by atoms with Crippen molar-refractivity contribution in [2.75, 3.05) is 5.32 Å². The molecule has 0 radical (unpaired) electrons. The molecule has 0 atom stereocenters. The first kappa shape index (κ1) is 17.5. The summed E-state index contributed by atoms with van der Waals surface area (Å²) in [7, 11) is -3.75. The Morgan fingerprint density at radius 3 is 2.78 bits per heavy atom. The second-order valence-corrected chi connectivity index (χ2v) is 8.04. The number of carbonyl (C=O) groups is 1. The quantitative estimate of drug-likeness (QED) is 0.644. The number of carbonyl (C=O) groups excluding carboxylic acids is 1. The number of amides is 1. The molecule has 140 valence electrons. The summed E-state index contributed by atoms with van der Waals surface area (Å²) in [6, 6.07) is 11.0. The van der Waals surface area contributed by atoms with E-state index in [-0.39, 0.29) is 17.1 Å². The van der Waals surface area contributed by atoms with Crippen molar-refractivity contribution < 1.29 is 22.2 Å². The average molecular weight is 387 g/mol. The molecule has 0 bridgehead atoms. The minimum Gasteiger partial charge on any atom is -0.468 e. The zero-order valence-electron chi connectivity index (χ0n) is 14.2. The van der Waals surface area contributed by atoms with Crippen LogP contribution >= 0.6 is 0 Å². The largest absolute Gasteiger partial charge is 0.468 e. The smallest absolute Gasteiger partial charge is 0.277 e. The number of nitrogens with one attached hydrogen (secondary N) is 2. The van der Waals surface area contributed by atoms with Crippen LogP contribution in [0.1, 0.15) is 40.8 Å². The van der Waals surface area contributed by atoms with Crippen molar-refractivity contribution >= 4 is 21.6 Å². The number of anilines is 1. The normalized spacial score (nSPS) is 14.2. The van der Waals surface area contributed by atoms with Gasteiger partial charge in [0.1, 0.15) is 11.5 Å². The molecular weight excluding hydrogens is 370 g/mol. The van der Waals surface area contributed by atoms with Crippen LogP contribution in [0.4, 0.5) is 5.69 Å². The van der Waals surface area contributed by atoms with Crippen molar-refractivity contribution in [3.05, 3.63) is 65.9 Å². The van der Waals surface area contributed by atoms with Gasteiger partial charge in [-0.2, -0.15) is 0 Å². The van der Waals surface area contributed by atoms with Gasteiger partial charge < -0.3 is 14.3 Å². The lowest BCUT2D eigenvalue weighted by molar-refractivity contribution is 0.101. The molecule has 27 heavy (non-hydrogen) atoms. The lowest BCUT2D eigenvalue weighted by Gasteiger charge is -2.08. The van der Waals surface area contributed by atoms with Crippen LogP contribution in [-0.4, -0.2) is 19.5 Å². The second kappa shape index (κ2) is 7.01. The summed E-state index contributed by atoms with van der Waals surface area (Å²) in [4.78, 5) is 12.3. The Bertz CT molecular complexity index is 1050. The lowest BCUT2D eigenvalue weighted by atomic mass is 10.2. The molecule has 1 saturated carbocycles. The Labute approximate surface area is 155 Å². The standard InChI is InChI=1S/C18H17N3O5S/c22-18(16-10-17(26-21-16)12-6-7-12)20-13-3-1-5-15(9-13)27(23,24)19-11-14-4-2-8-25-14/h1-5,8-10,12,19H,6-7,11H2,(H,20,22). The molecule has 8 nitrogen and oxygen atoms in total. The molecule has 1 fully saturated rings. The fourth-order valence-electron chi connectivity index (χ4n) is 2.56. The van der Waals surface area contributed by atoms with Gasteiger partial charge in [0.25, 0.3) is 5.91 Å². The summed E-state index contributed by atoms with van der Waals surface area (Å²) in [5.41, 5.74) is 0.512. The van der Waals surface area contributed by atoms with Crippen LogP contribution in [0.15, 0.2) is 62.6 Å². The highest BCUT2D eigenvalue weighted by molar-refractivity contribution is 7.89. The number of nitrogens with zero attached hydrogens (tertiary/aromatic N) is 1. The van der Waals surface area contributed by atoms with Crippen molar-refractivity contribution in [2.24, 2.45) is 0 Å². The fourth-order valence-corrected chi connectivity index (χ4v) is 3.59. The van der Waals surface area contributed by atoms with E-state index in [4.69, 9.17) is 8.94 Å². The van der Waals surface area contributed by atoms with Gasteiger partial charge in [-0.3, -0.25) is 4.79 Å². The third kappa shape index (κ3) is 4.09. The van der Waals surface area contributed by atoms with E-state index < -0.39 is 15.9 Å². The number of hydrogen-bond acceptors (Lipinski definition) is 6. The number of furan rings is 1. The number of hydrogen-bond donors (Lipinski definition) is 2. The molecule has 0 aliphatic heterocycles. The molecule has 0 unspecified atom stereocenters. The highest BCUT2D eigenvalue weighted by Gasteiger charge is 2.29. The molecule has 1 amide bonds. The average Bonchev–Trinajstić information content (AvgIpc) is 3.17. The van der Waals surface area contributed by atoms with Crippen LogP contribution in [0.25, 0.3) is 0 Å². The summed E-state index contributed by atoms with van der Waals surface area (Å²) in [5.74, 6) is 1.11. The number of aromatic nitrogens is 1. The lowest BCUT2D eigenvalue weighted by Crippen LogP contribution is -2.23. The van der Waals surface area contributed by atoms with Crippen molar-refractivity contribution in [1.29, 1.82) is 0 Å². The highest BCUT2D eigenvalue weighted by atomic mass is 32.2. The minimum atomic E-state index is -3.75. The van der Waals surface area contributed by atoms with Crippen molar-refractivity contribution in [3.8, 4) is 0 Å². The molecule has 9 heteroatoms. The number of benzene rings is 1. The maximum atomic E-state index is 12.4. The van der Waals surface area contributed by atoms with E-state index in [1.165, 1.54) is 18.4 Å². The van der Waals surface area contributed by atoms with Crippen molar-refractivity contribution in [1.82, 2.24) is 9.88 Å². The van der Waals surface area contributed by atoms with E-state index in [9.17, 15) is 13.2 Å². The first-order valence-corrected chi connectivity index (χ1v) is 9.90. The summed E-state index contributed by atoms with van der Waals surface area (Å²) in [6.07, 6.45) is 3.56. The van der Waals surface area contributed by atoms with Gasteiger partial charge in [-0.1, -0.05) is 11.2 Å². The monoisotopic (exact) mass is 387 g/mol. The SMILES string of the molecule is O=C(Nc1cccc(S(=O)(=O)NCc2ccco2)c1)c1cc(C2CC2)on1. The third-order valence-electron chi connectivity index (χ3n) is 4.16.